The summed E-state index contributed by atoms with van der Waals surface area (Å²) in [4.78, 5) is 12.1. The van der Waals surface area contributed by atoms with Crippen molar-refractivity contribution >= 4 is 34.9 Å². The SMILES string of the molecule is COC(=O)C(Nc1ccccc1C)c1cc(Cl)cc(Cl)c1. The molecular formula is C16H15Cl2NO2. The molecule has 0 radical (unpaired) electrons. The lowest BCUT2D eigenvalue weighted by Crippen LogP contribution is -2.22. The highest BCUT2D eigenvalue weighted by atomic mass is 35.5. The minimum Gasteiger partial charge on any atom is -0.467 e. The zero-order valence-electron chi connectivity index (χ0n) is 11.7. The van der Waals surface area contributed by atoms with Crippen LogP contribution in [0.15, 0.2) is 42.5 Å². The van der Waals surface area contributed by atoms with Gasteiger partial charge in [0.25, 0.3) is 0 Å². The van der Waals surface area contributed by atoms with E-state index in [1.165, 1.54) is 7.11 Å². The van der Waals surface area contributed by atoms with Crippen molar-refractivity contribution < 1.29 is 9.53 Å². The van der Waals surface area contributed by atoms with Crippen molar-refractivity contribution in [1.29, 1.82) is 0 Å². The number of hydrogen-bond donors (Lipinski definition) is 1. The number of ether oxygens (including phenoxy) is 1. The Kier molecular flexibility index (Phi) is 5.10. The highest BCUT2D eigenvalue weighted by Crippen LogP contribution is 2.28. The third kappa shape index (κ3) is 3.90. The Morgan fingerprint density at radius 3 is 2.33 bits per heavy atom. The second-order valence-corrected chi connectivity index (χ2v) is 5.49. The highest BCUT2D eigenvalue weighted by Gasteiger charge is 2.22. The second kappa shape index (κ2) is 6.83. The number of aryl methyl sites for hydroxylation is 1. The van der Waals surface area contributed by atoms with Crippen molar-refractivity contribution in [2.75, 3.05) is 12.4 Å². The van der Waals surface area contributed by atoms with Crippen molar-refractivity contribution in [2.24, 2.45) is 0 Å². The highest BCUT2D eigenvalue weighted by molar-refractivity contribution is 6.34. The molecule has 2 rings (SSSR count). The summed E-state index contributed by atoms with van der Waals surface area (Å²) in [5.74, 6) is -0.406. The summed E-state index contributed by atoms with van der Waals surface area (Å²) in [5, 5.41) is 4.12. The molecule has 0 saturated heterocycles. The van der Waals surface area contributed by atoms with Crippen LogP contribution in [0.3, 0.4) is 0 Å². The summed E-state index contributed by atoms with van der Waals surface area (Å²) in [7, 11) is 1.35. The first-order chi connectivity index (χ1) is 10.0. The van der Waals surface area contributed by atoms with Gasteiger partial charge in [-0.15, -0.1) is 0 Å². The molecule has 0 bridgehead atoms. The van der Waals surface area contributed by atoms with Gasteiger partial charge in [-0.05, 0) is 42.3 Å². The molecule has 3 nitrogen and oxygen atoms in total. The zero-order chi connectivity index (χ0) is 15.4. The van der Waals surface area contributed by atoms with Gasteiger partial charge in [-0.3, -0.25) is 0 Å². The van der Waals surface area contributed by atoms with Crippen molar-refractivity contribution in [3.8, 4) is 0 Å². The van der Waals surface area contributed by atoms with Crippen LogP contribution in [0.2, 0.25) is 10.0 Å². The lowest BCUT2D eigenvalue weighted by Gasteiger charge is -2.20. The van der Waals surface area contributed by atoms with E-state index in [1.807, 2.05) is 31.2 Å². The Morgan fingerprint density at radius 2 is 1.76 bits per heavy atom. The van der Waals surface area contributed by atoms with Gasteiger partial charge in [-0.1, -0.05) is 41.4 Å². The molecule has 0 aliphatic heterocycles. The molecular weight excluding hydrogens is 309 g/mol. The van der Waals surface area contributed by atoms with Crippen LogP contribution in [0, 0.1) is 6.92 Å². The molecule has 1 atom stereocenters. The van der Waals surface area contributed by atoms with Crippen LogP contribution in [0.25, 0.3) is 0 Å². The second-order valence-electron chi connectivity index (χ2n) is 4.62. The van der Waals surface area contributed by atoms with Gasteiger partial charge in [-0.2, -0.15) is 0 Å². The number of rotatable bonds is 4. The molecule has 110 valence electrons. The van der Waals surface area contributed by atoms with E-state index >= 15 is 0 Å². The topological polar surface area (TPSA) is 38.3 Å². The van der Waals surface area contributed by atoms with E-state index in [0.29, 0.717) is 15.6 Å². The number of benzene rings is 2. The third-order valence-electron chi connectivity index (χ3n) is 3.10. The fourth-order valence-corrected chi connectivity index (χ4v) is 2.57. The number of esters is 1. The lowest BCUT2D eigenvalue weighted by atomic mass is 10.1. The van der Waals surface area contributed by atoms with Gasteiger partial charge in [0.2, 0.25) is 0 Å². The molecule has 0 aliphatic rings. The number of halogens is 2. The quantitative estimate of drug-likeness (QED) is 0.834. The zero-order valence-corrected chi connectivity index (χ0v) is 13.2. The number of carbonyl (C=O) groups excluding carboxylic acids is 1. The molecule has 0 saturated carbocycles. The van der Waals surface area contributed by atoms with Crippen LogP contribution in [0.1, 0.15) is 17.2 Å². The van der Waals surface area contributed by atoms with Crippen LogP contribution in [-0.4, -0.2) is 13.1 Å². The van der Waals surface area contributed by atoms with Gasteiger partial charge in [0.1, 0.15) is 0 Å². The number of methoxy groups -OCH3 is 1. The van der Waals surface area contributed by atoms with Crippen LogP contribution in [0.4, 0.5) is 5.69 Å². The maximum Gasteiger partial charge on any atom is 0.332 e. The minimum atomic E-state index is -0.674. The van der Waals surface area contributed by atoms with Crippen molar-refractivity contribution in [2.45, 2.75) is 13.0 Å². The Bertz CT molecular complexity index is 638. The number of hydrogen-bond acceptors (Lipinski definition) is 3. The summed E-state index contributed by atoms with van der Waals surface area (Å²) >= 11 is 12.0. The van der Waals surface area contributed by atoms with Crippen LogP contribution >= 0.6 is 23.2 Å². The van der Waals surface area contributed by atoms with Gasteiger partial charge in [-0.25, -0.2) is 4.79 Å². The van der Waals surface area contributed by atoms with E-state index in [0.717, 1.165) is 11.3 Å². The van der Waals surface area contributed by atoms with Crippen molar-refractivity contribution in [3.05, 3.63) is 63.6 Å². The molecule has 1 unspecified atom stereocenters. The average molecular weight is 324 g/mol. The Morgan fingerprint density at radius 1 is 1.14 bits per heavy atom. The van der Waals surface area contributed by atoms with E-state index in [-0.39, 0.29) is 0 Å². The van der Waals surface area contributed by atoms with Gasteiger partial charge >= 0.3 is 5.97 Å². The maximum atomic E-state index is 12.1. The van der Waals surface area contributed by atoms with E-state index in [9.17, 15) is 4.79 Å². The van der Waals surface area contributed by atoms with Crippen molar-refractivity contribution in [1.82, 2.24) is 0 Å². The van der Waals surface area contributed by atoms with Crippen LogP contribution < -0.4 is 5.32 Å². The molecule has 0 aromatic heterocycles. The molecule has 5 heteroatoms. The third-order valence-corrected chi connectivity index (χ3v) is 3.54. The number of carbonyl (C=O) groups is 1. The number of nitrogens with one attached hydrogen (secondary N) is 1. The fraction of sp³-hybridized carbons (Fsp3) is 0.188. The predicted octanol–water partition coefficient (Wildman–Crippen LogP) is 4.63. The maximum absolute atomic E-state index is 12.1. The smallest absolute Gasteiger partial charge is 0.332 e. The lowest BCUT2D eigenvalue weighted by molar-refractivity contribution is -0.141. The first kappa shape index (κ1) is 15.7. The van der Waals surface area contributed by atoms with Gasteiger partial charge in [0, 0.05) is 15.7 Å². The Labute approximate surface area is 133 Å². The predicted molar refractivity (Wildman–Crippen MR) is 86.0 cm³/mol. The van der Waals surface area contributed by atoms with E-state index in [2.05, 4.69) is 5.32 Å². The minimum absolute atomic E-state index is 0.406. The Balaban J connectivity index is 2.39. The first-order valence-electron chi connectivity index (χ1n) is 6.37. The normalized spacial score (nSPS) is 11.8. The molecule has 0 heterocycles. The standard InChI is InChI=1S/C16H15Cl2NO2/c1-10-5-3-4-6-14(10)19-15(16(20)21-2)11-7-12(17)9-13(18)8-11/h3-9,15,19H,1-2H3. The van der Waals surface area contributed by atoms with Crippen LogP contribution in [0.5, 0.6) is 0 Å². The van der Waals surface area contributed by atoms with E-state index in [1.54, 1.807) is 18.2 Å². The number of anilines is 1. The van der Waals surface area contributed by atoms with Crippen LogP contribution in [-0.2, 0) is 9.53 Å². The summed E-state index contributed by atoms with van der Waals surface area (Å²) < 4.78 is 4.87. The van der Waals surface area contributed by atoms with Gasteiger partial charge < -0.3 is 10.1 Å². The number of para-hydroxylation sites is 1. The largest absolute Gasteiger partial charge is 0.467 e. The van der Waals surface area contributed by atoms with E-state index < -0.39 is 12.0 Å². The monoisotopic (exact) mass is 323 g/mol. The summed E-state index contributed by atoms with van der Waals surface area (Å²) in [6.07, 6.45) is 0. The molecule has 2 aromatic rings. The summed E-state index contributed by atoms with van der Waals surface area (Å²) in [6, 6.07) is 12.0. The molecule has 2 aromatic carbocycles. The molecule has 0 aliphatic carbocycles. The molecule has 0 fully saturated rings. The first-order valence-corrected chi connectivity index (χ1v) is 7.13. The molecule has 1 N–H and O–H groups in total. The average Bonchev–Trinajstić information content (AvgIpc) is 2.44. The molecule has 21 heavy (non-hydrogen) atoms. The molecule has 0 spiro atoms. The van der Waals surface area contributed by atoms with Gasteiger partial charge in [0.15, 0.2) is 6.04 Å². The Hall–Kier alpha value is -1.71. The fourth-order valence-electron chi connectivity index (χ4n) is 2.03. The van der Waals surface area contributed by atoms with Crippen molar-refractivity contribution in [3.63, 3.8) is 0 Å². The van der Waals surface area contributed by atoms with Gasteiger partial charge in [0.05, 0.1) is 7.11 Å². The summed E-state index contributed by atoms with van der Waals surface area (Å²) in [5.41, 5.74) is 2.53. The van der Waals surface area contributed by atoms with E-state index in [4.69, 9.17) is 27.9 Å². The summed E-state index contributed by atoms with van der Waals surface area (Å²) in [6.45, 7) is 1.96. The molecule has 0 amide bonds.